The van der Waals surface area contributed by atoms with Gasteiger partial charge in [-0.25, -0.2) is 8.42 Å². The monoisotopic (exact) mass is 354 g/mol. The Kier molecular flexibility index (Phi) is 7.27. The summed E-state index contributed by atoms with van der Waals surface area (Å²) in [5.74, 6) is 0.405. The molecule has 1 rings (SSSR count). The van der Waals surface area contributed by atoms with Gasteiger partial charge < -0.3 is 5.32 Å². The van der Waals surface area contributed by atoms with Gasteiger partial charge in [0.25, 0.3) is 0 Å². The van der Waals surface area contributed by atoms with Crippen LogP contribution in [0.5, 0.6) is 0 Å². The van der Waals surface area contributed by atoms with Crippen molar-refractivity contribution in [1.82, 2.24) is 5.32 Å². The van der Waals surface area contributed by atoms with Gasteiger partial charge in [0, 0.05) is 19.5 Å². The van der Waals surface area contributed by atoms with Crippen molar-refractivity contribution in [1.29, 1.82) is 0 Å². The number of aryl methyl sites for hydroxylation is 3. The van der Waals surface area contributed by atoms with E-state index in [0.29, 0.717) is 18.2 Å². The lowest BCUT2D eigenvalue weighted by atomic mass is 10.1. The predicted molar refractivity (Wildman–Crippen MR) is 99.9 cm³/mol. The molecule has 24 heavy (non-hydrogen) atoms. The molecule has 0 saturated heterocycles. The Labute approximate surface area is 146 Å². The van der Waals surface area contributed by atoms with Crippen LogP contribution in [0.25, 0.3) is 0 Å². The molecule has 1 N–H and O–H groups in total. The maximum Gasteiger partial charge on any atom is 0.232 e. The van der Waals surface area contributed by atoms with Crippen LogP contribution in [0.4, 0.5) is 5.69 Å². The van der Waals surface area contributed by atoms with Crippen molar-refractivity contribution in [2.24, 2.45) is 5.92 Å². The molecular formula is C18H30N2O3S. The zero-order valence-electron chi connectivity index (χ0n) is 15.6. The molecule has 0 aliphatic heterocycles. The van der Waals surface area contributed by atoms with Crippen LogP contribution in [-0.2, 0) is 14.8 Å². The van der Waals surface area contributed by atoms with Gasteiger partial charge in [-0.05, 0) is 44.2 Å². The largest absolute Gasteiger partial charge is 0.356 e. The number of anilines is 1. The molecular weight excluding hydrogens is 324 g/mol. The van der Waals surface area contributed by atoms with Gasteiger partial charge in [-0.1, -0.05) is 31.5 Å². The number of amides is 1. The van der Waals surface area contributed by atoms with E-state index < -0.39 is 10.0 Å². The fraction of sp³-hybridized carbons (Fsp3) is 0.611. The third kappa shape index (κ3) is 6.15. The Morgan fingerprint density at radius 1 is 1.17 bits per heavy atom. The first-order chi connectivity index (χ1) is 11.0. The smallest absolute Gasteiger partial charge is 0.232 e. The number of nitrogens with one attached hydrogen (secondary N) is 1. The van der Waals surface area contributed by atoms with Crippen molar-refractivity contribution in [3.05, 3.63) is 28.8 Å². The molecule has 1 aromatic rings. The van der Waals surface area contributed by atoms with Crippen LogP contribution in [0.2, 0.25) is 0 Å². The van der Waals surface area contributed by atoms with Gasteiger partial charge in [0.15, 0.2) is 0 Å². The van der Waals surface area contributed by atoms with E-state index in [1.165, 1.54) is 10.6 Å². The summed E-state index contributed by atoms with van der Waals surface area (Å²) < 4.78 is 25.8. The van der Waals surface area contributed by atoms with Gasteiger partial charge in [-0.3, -0.25) is 9.10 Å². The minimum Gasteiger partial charge on any atom is -0.356 e. The van der Waals surface area contributed by atoms with Gasteiger partial charge >= 0.3 is 0 Å². The summed E-state index contributed by atoms with van der Waals surface area (Å²) in [7, 11) is -3.45. The fourth-order valence-electron chi connectivity index (χ4n) is 2.80. The number of nitrogens with zero attached hydrogens (tertiary/aromatic N) is 1. The molecule has 1 aromatic carbocycles. The Morgan fingerprint density at radius 2 is 1.71 bits per heavy atom. The van der Waals surface area contributed by atoms with Gasteiger partial charge in [0.1, 0.15) is 0 Å². The third-order valence-corrected chi connectivity index (χ3v) is 5.04. The second-order valence-electron chi connectivity index (χ2n) is 6.86. The topological polar surface area (TPSA) is 66.5 Å². The number of rotatable bonds is 8. The number of benzene rings is 1. The molecule has 1 amide bonds. The molecule has 6 heteroatoms. The van der Waals surface area contributed by atoms with E-state index in [1.54, 1.807) is 0 Å². The summed E-state index contributed by atoms with van der Waals surface area (Å²) in [6.07, 6.45) is 2.25. The highest BCUT2D eigenvalue weighted by Gasteiger charge is 2.22. The van der Waals surface area contributed by atoms with Gasteiger partial charge in [0.05, 0.1) is 11.9 Å². The molecule has 0 radical (unpaired) electrons. The highest BCUT2D eigenvalue weighted by molar-refractivity contribution is 7.92. The minimum atomic E-state index is -3.45. The van der Waals surface area contributed by atoms with Crippen LogP contribution in [0.3, 0.4) is 0 Å². The number of carbonyl (C=O) groups is 1. The van der Waals surface area contributed by atoms with Crippen molar-refractivity contribution in [3.8, 4) is 0 Å². The zero-order valence-corrected chi connectivity index (χ0v) is 16.5. The van der Waals surface area contributed by atoms with Crippen molar-refractivity contribution in [3.63, 3.8) is 0 Å². The highest BCUT2D eigenvalue weighted by Crippen LogP contribution is 2.28. The van der Waals surface area contributed by atoms with Crippen LogP contribution in [0, 0.1) is 26.7 Å². The first-order valence-corrected chi connectivity index (χ1v) is 10.2. The first kappa shape index (κ1) is 20.5. The summed E-state index contributed by atoms with van der Waals surface area (Å²) in [6, 6.07) is 3.92. The van der Waals surface area contributed by atoms with Crippen LogP contribution < -0.4 is 9.62 Å². The number of hydrogen-bond donors (Lipinski definition) is 1. The lowest BCUT2D eigenvalue weighted by molar-refractivity contribution is -0.120. The normalized spacial score (nSPS) is 11.6. The quantitative estimate of drug-likeness (QED) is 0.780. The lowest BCUT2D eigenvalue weighted by Gasteiger charge is -2.26. The van der Waals surface area contributed by atoms with E-state index in [-0.39, 0.29) is 18.9 Å². The average Bonchev–Trinajstić information content (AvgIpc) is 2.39. The van der Waals surface area contributed by atoms with Crippen LogP contribution in [0.15, 0.2) is 12.1 Å². The lowest BCUT2D eigenvalue weighted by Crippen LogP contribution is -2.36. The molecule has 0 heterocycles. The summed E-state index contributed by atoms with van der Waals surface area (Å²) in [6.45, 7) is 10.7. The van der Waals surface area contributed by atoms with E-state index in [0.717, 1.165) is 23.1 Å². The van der Waals surface area contributed by atoms with E-state index in [2.05, 4.69) is 19.2 Å². The molecule has 0 atom stereocenters. The Balaban J connectivity index is 2.88. The predicted octanol–water partition coefficient (Wildman–Crippen LogP) is 2.93. The third-order valence-electron chi connectivity index (χ3n) is 3.87. The van der Waals surface area contributed by atoms with E-state index in [4.69, 9.17) is 0 Å². The van der Waals surface area contributed by atoms with Gasteiger partial charge in [0.2, 0.25) is 15.9 Å². The minimum absolute atomic E-state index is 0.119. The van der Waals surface area contributed by atoms with E-state index >= 15 is 0 Å². The second-order valence-corrected chi connectivity index (χ2v) is 8.77. The first-order valence-electron chi connectivity index (χ1n) is 8.34. The summed E-state index contributed by atoms with van der Waals surface area (Å²) >= 11 is 0. The van der Waals surface area contributed by atoms with Crippen molar-refractivity contribution in [2.75, 3.05) is 23.7 Å². The van der Waals surface area contributed by atoms with E-state index in [1.807, 2.05) is 32.9 Å². The molecule has 0 spiro atoms. The zero-order chi connectivity index (χ0) is 18.5. The molecule has 0 aromatic heterocycles. The van der Waals surface area contributed by atoms with Gasteiger partial charge in [-0.2, -0.15) is 0 Å². The van der Waals surface area contributed by atoms with Crippen molar-refractivity contribution >= 4 is 21.6 Å². The van der Waals surface area contributed by atoms with Crippen LogP contribution >= 0.6 is 0 Å². The number of sulfonamides is 1. The average molecular weight is 355 g/mol. The molecule has 5 nitrogen and oxygen atoms in total. The standard InChI is InChI=1S/C18H30N2O3S/c1-13(2)7-9-19-17(21)8-10-20(24(6,22)23)18-15(4)11-14(3)12-16(18)5/h11-13H,7-10H2,1-6H3,(H,19,21). The van der Waals surface area contributed by atoms with Crippen LogP contribution in [0.1, 0.15) is 43.4 Å². The van der Waals surface area contributed by atoms with Crippen molar-refractivity contribution in [2.45, 2.75) is 47.5 Å². The molecule has 136 valence electrons. The SMILES string of the molecule is Cc1cc(C)c(N(CCC(=O)NCCC(C)C)S(C)(=O)=O)c(C)c1. The molecule has 0 aliphatic rings. The Hall–Kier alpha value is -1.56. The maximum atomic E-state index is 12.2. The number of hydrogen-bond acceptors (Lipinski definition) is 3. The molecule has 0 unspecified atom stereocenters. The Morgan fingerprint density at radius 3 is 2.17 bits per heavy atom. The molecule has 0 bridgehead atoms. The molecule has 0 aliphatic carbocycles. The molecule has 0 fully saturated rings. The summed E-state index contributed by atoms with van der Waals surface area (Å²) in [5, 5.41) is 2.85. The van der Waals surface area contributed by atoms with E-state index in [9.17, 15) is 13.2 Å². The highest BCUT2D eigenvalue weighted by atomic mass is 32.2. The fourth-order valence-corrected chi connectivity index (χ4v) is 3.84. The van der Waals surface area contributed by atoms with Crippen molar-refractivity contribution < 1.29 is 13.2 Å². The Bertz CT molecular complexity index is 658. The van der Waals surface area contributed by atoms with Crippen LogP contribution in [-0.4, -0.2) is 33.7 Å². The summed E-state index contributed by atoms with van der Waals surface area (Å²) in [5.41, 5.74) is 3.57. The summed E-state index contributed by atoms with van der Waals surface area (Å²) in [4.78, 5) is 12.0. The van der Waals surface area contributed by atoms with Gasteiger partial charge in [-0.15, -0.1) is 0 Å². The maximum absolute atomic E-state index is 12.2. The second kappa shape index (κ2) is 8.51. The number of carbonyl (C=O) groups excluding carboxylic acids is 1. The molecule has 0 saturated carbocycles.